The number of nitrogens with one attached hydrogen (secondary N) is 1. The van der Waals surface area contributed by atoms with Gasteiger partial charge in [0.05, 0.1) is 18.2 Å². The van der Waals surface area contributed by atoms with Gasteiger partial charge in [0.25, 0.3) is 5.91 Å². The molecule has 1 N–H and O–H groups in total. The highest BCUT2D eigenvalue weighted by Crippen LogP contribution is 2.23. The summed E-state index contributed by atoms with van der Waals surface area (Å²) in [5.74, 6) is 0.572. The molecule has 33 heavy (non-hydrogen) atoms. The number of para-hydroxylation sites is 1. The highest BCUT2D eigenvalue weighted by Gasteiger charge is 2.26. The first-order valence-corrected chi connectivity index (χ1v) is 11.4. The van der Waals surface area contributed by atoms with Gasteiger partial charge in [0.15, 0.2) is 6.61 Å². The van der Waals surface area contributed by atoms with Crippen LogP contribution in [0.4, 0.5) is 0 Å². The lowest BCUT2D eigenvalue weighted by atomic mass is 10.1. The van der Waals surface area contributed by atoms with E-state index in [-0.39, 0.29) is 31.1 Å². The van der Waals surface area contributed by atoms with E-state index in [1.165, 1.54) is 4.90 Å². The summed E-state index contributed by atoms with van der Waals surface area (Å²) in [7, 11) is 1.59. The maximum atomic E-state index is 13.1. The topological polar surface area (TPSA) is 77.1 Å². The predicted molar refractivity (Wildman–Crippen MR) is 129 cm³/mol. The molecule has 0 fully saturated rings. The average molecular weight is 477 g/mol. The van der Waals surface area contributed by atoms with Crippen molar-refractivity contribution in [1.29, 1.82) is 0 Å². The van der Waals surface area contributed by atoms with Crippen LogP contribution in [0.15, 0.2) is 48.5 Å². The summed E-state index contributed by atoms with van der Waals surface area (Å²) < 4.78 is 16.3. The molecule has 0 aromatic heterocycles. The third kappa shape index (κ3) is 8.94. The monoisotopic (exact) mass is 476 g/mol. The van der Waals surface area contributed by atoms with Crippen LogP contribution >= 0.6 is 11.6 Å². The van der Waals surface area contributed by atoms with Crippen LogP contribution in [-0.2, 0) is 20.9 Å². The number of ether oxygens (including phenoxy) is 3. The van der Waals surface area contributed by atoms with Crippen molar-refractivity contribution in [3.05, 3.63) is 59.1 Å². The Morgan fingerprint density at radius 2 is 1.76 bits per heavy atom. The van der Waals surface area contributed by atoms with E-state index in [4.69, 9.17) is 25.8 Å². The fraction of sp³-hybridized carbons (Fsp3) is 0.440. The zero-order valence-corrected chi connectivity index (χ0v) is 20.4. The lowest BCUT2D eigenvalue weighted by Crippen LogP contribution is -2.49. The largest absolute Gasteiger partial charge is 0.497 e. The first-order valence-electron chi connectivity index (χ1n) is 11.0. The van der Waals surface area contributed by atoms with Crippen LogP contribution < -0.4 is 14.8 Å². The molecule has 0 aliphatic heterocycles. The summed E-state index contributed by atoms with van der Waals surface area (Å²) in [4.78, 5) is 27.4. The number of carbonyl (C=O) groups excluding carboxylic acids is 2. The molecule has 0 saturated heterocycles. The molecule has 2 amide bonds. The van der Waals surface area contributed by atoms with Crippen molar-refractivity contribution in [1.82, 2.24) is 10.2 Å². The number of amides is 2. The second kappa shape index (κ2) is 13.7. The first kappa shape index (κ1) is 26.5. The molecule has 0 spiro atoms. The Morgan fingerprint density at radius 1 is 1.06 bits per heavy atom. The molecule has 1 unspecified atom stereocenters. The van der Waals surface area contributed by atoms with Gasteiger partial charge in [-0.25, -0.2) is 0 Å². The zero-order chi connectivity index (χ0) is 24.2. The zero-order valence-electron chi connectivity index (χ0n) is 19.7. The molecule has 2 aromatic rings. The third-order valence-corrected chi connectivity index (χ3v) is 5.25. The van der Waals surface area contributed by atoms with Gasteiger partial charge in [0.2, 0.25) is 5.91 Å². The number of hydrogen-bond acceptors (Lipinski definition) is 5. The van der Waals surface area contributed by atoms with Crippen molar-refractivity contribution in [2.75, 3.05) is 26.9 Å². The number of nitrogens with zero attached hydrogens (tertiary/aromatic N) is 1. The van der Waals surface area contributed by atoms with Crippen molar-refractivity contribution in [3.8, 4) is 11.5 Å². The number of hydrogen-bond donors (Lipinski definition) is 1. The molecule has 0 bridgehead atoms. The minimum absolute atomic E-state index is 0.148. The number of carbonyl (C=O) groups is 2. The Labute approximate surface area is 201 Å². The summed E-state index contributed by atoms with van der Waals surface area (Å²) in [5, 5.41) is 3.30. The van der Waals surface area contributed by atoms with Gasteiger partial charge in [-0.3, -0.25) is 9.59 Å². The van der Waals surface area contributed by atoms with Crippen LogP contribution in [0.25, 0.3) is 0 Å². The highest BCUT2D eigenvalue weighted by atomic mass is 35.5. The van der Waals surface area contributed by atoms with Crippen molar-refractivity contribution in [3.63, 3.8) is 0 Å². The average Bonchev–Trinajstić information content (AvgIpc) is 2.81. The minimum Gasteiger partial charge on any atom is -0.497 e. The van der Waals surface area contributed by atoms with Gasteiger partial charge in [-0.15, -0.1) is 0 Å². The van der Waals surface area contributed by atoms with Crippen molar-refractivity contribution in [2.24, 2.45) is 0 Å². The van der Waals surface area contributed by atoms with Gasteiger partial charge in [-0.05, 0) is 57.0 Å². The normalized spacial score (nSPS) is 11.7. The first-order chi connectivity index (χ1) is 15.8. The fourth-order valence-corrected chi connectivity index (χ4v) is 3.24. The van der Waals surface area contributed by atoms with Crippen LogP contribution in [0.3, 0.4) is 0 Å². The van der Waals surface area contributed by atoms with E-state index in [0.717, 1.165) is 5.56 Å². The molecule has 0 saturated carbocycles. The Hall–Kier alpha value is -2.77. The van der Waals surface area contributed by atoms with Crippen molar-refractivity contribution >= 4 is 23.4 Å². The number of halogens is 1. The summed E-state index contributed by atoms with van der Waals surface area (Å²) in [6.07, 6.45) is 0.842. The molecule has 0 aliphatic rings. The van der Waals surface area contributed by atoms with E-state index in [1.54, 1.807) is 38.3 Å². The number of rotatable bonds is 13. The number of methoxy groups -OCH3 is 1. The highest BCUT2D eigenvalue weighted by molar-refractivity contribution is 6.32. The molecule has 180 valence electrons. The summed E-state index contributed by atoms with van der Waals surface area (Å²) in [5.41, 5.74) is 0.867. The Morgan fingerprint density at radius 3 is 2.39 bits per heavy atom. The van der Waals surface area contributed by atoms with Gasteiger partial charge in [0, 0.05) is 19.7 Å². The van der Waals surface area contributed by atoms with Crippen LogP contribution in [-0.4, -0.2) is 55.7 Å². The minimum atomic E-state index is -0.694. The van der Waals surface area contributed by atoms with E-state index in [2.05, 4.69) is 5.32 Å². The van der Waals surface area contributed by atoms with E-state index in [0.29, 0.717) is 36.1 Å². The molecule has 7 nitrogen and oxygen atoms in total. The van der Waals surface area contributed by atoms with Gasteiger partial charge in [0.1, 0.15) is 17.5 Å². The Bertz CT molecular complexity index is 889. The fourth-order valence-electron chi connectivity index (χ4n) is 3.04. The molecule has 0 radical (unpaired) electrons. The lowest BCUT2D eigenvalue weighted by molar-refractivity contribution is -0.142. The third-order valence-electron chi connectivity index (χ3n) is 4.94. The molecule has 8 heteroatoms. The molecular weight excluding hydrogens is 444 g/mol. The summed E-state index contributed by atoms with van der Waals surface area (Å²) in [6.45, 7) is 6.68. The smallest absolute Gasteiger partial charge is 0.261 e. The van der Waals surface area contributed by atoms with Crippen LogP contribution in [0.1, 0.15) is 32.8 Å². The molecule has 0 heterocycles. The van der Waals surface area contributed by atoms with E-state index in [9.17, 15) is 9.59 Å². The maximum Gasteiger partial charge on any atom is 0.261 e. The second-order valence-electron chi connectivity index (χ2n) is 7.83. The SMILES string of the molecule is COc1ccc(CN(C(=O)COc2ccccc2Cl)C(C)C(=O)NCCCOC(C)C)cc1. The predicted octanol–water partition coefficient (Wildman–Crippen LogP) is 4.08. The summed E-state index contributed by atoms with van der Waals surface area (Å²) >= 11 is 6.12. The molecule has 0 aliphatic carbocycles. The lowest BCUT2D eigenvalue weighted by Gasteiger charge is -2.29. The molecule has 2 rings (SSSR count). The van der Waals surface area contributed by atoms with Gasteiger partial charge in [-0.2, -0.15) is 0 Å². The van der Waals surface area contributed by atoms with E-state index < -0.39 is 6.04 Å². The van der Waals surface area contributed by atoms with Crippen LogP contribution in [0, 0.1) is 0 Å². The van der Waals surface area contributed by atoms with E-state index in [1.807, 2.05) is 38.1 Å². The van der Waals surface area contributed by atoms with Crippen LogP contribution in [0.2, 0.25) is 5.02 Å². The summed E-state index contributed by atoms with van der Waals surface area (Å²) in [6, 6.07) is 13.6. The quantitative estimate of drug-likeness (QED) is 0.441. The maximum absolute atomic E-state index is 13.1. The standard InChI is InChI=1S/C25H33ClN2O5/c1-18(2)32-15-7-14-27-25(30)19(3)28(16-20-10-12-21(31-4)13-11-20)24(29)17-33-23-9-6-5-8-22(23)26/h5-6,8-13,18-19H,7,14-17H2,1-4H3,(H,27,30). The van der Waals surface area contributed by atoms with Crippen molar-refractivity contribution in [2.45, 2.75) is 45.9 Å². The molecular formula is C25H33ClN2O5. The second-order valence-corrected chi connectivity index (χ2v) is 8.24. The van der Waals surface area contributed by atoms with Gasteiger partial charge < -0.3 is 24.4 Å². The molecule has 2 aromatic carbocycles. The van der Waals surface area contributed by atoms with E-state index >= 15 is 0 Å². The van der Waals surface area contributed by atoms with Gasteiger partial charge >= 0.3 is 0 Å². The number of benzene rings is 2. The van der Waals surface area contributed by atoms with Crippen molar-refractivity contribution < 1.29 is 23.8 Å². The Kier molecular flexibility index (Phi) is 11.0. The van der Waals surface area contributed by atoms with Gasteiger partial charge in [-0.1, -0.05) is 35.9 Å². The van der Waals surface area contributed by atoms with Crippen LogP contribution in [0.5, 0.6) is 11.5 Å². The molecule has 1 atom stereocenters. The Balaban J connectivity index is 2.05.